The summed E-state index contributed by atoms with van der Waals surface area (Å²) in [6, 6.07) is -0.0440. The average Bonchev–Trinajstić information content (AvgIpc) is 2.59. The number of carboxylic acid groups (broad SMARTS) is 1. The first-order valence-electron chi connectivity index (χ1n) is 6.41. The lowest BCUT2D eigenvalue weighted by Crippen LogP contribution is -2.41. The predicted octanol–water partition coefficient (Wildman–Crippen LogP) is 2.13. The summed E-state index contributed by atoms with van der Waals surface area (Å²) < 4.78 is 0. The van der Waals surface area contributed by atoms with E-state index in [2.05, 4.69) is 6.92 Å². The standard InChI is InChI=1S/C13H23NO3/c1-9(2)14(8-13(16)17)12(15)7-11-5-4-10(3)6-11/h9-11H,4-8H2,1-3H3,(H,16,17). The molecule has 0 saturated heterocycles. The summed E-state index contributed by atoms with van der Waals surface area (Å²) in [6.07, 6.45) is 3.91. The molecule has 1 rings (SSSR count). The van der Waals surface area contributed by atoms with Crippen molar-refractivity contribution >= 4 is 11.9 Å². The molecule has 1 N–H and O–H groups in total. The van der Waals surface area contributed by atoms with Crippen molar-refractivity contribution in [2.75, 3.05) is 6.54 Å². The lowest BCUT2D eigenvalue weighted by Gasteiger charge is -2.26. The molecule has 0 aromatic rings. The van der Waals surface area contributed by atoms with Crippen LogP contribution in [0.4, 0.5) is 0 Å². The van der Waals surface area contributed by atoms with Crippen molar-refractivity contribution in [1.29, 1.82) is 0 Å². The third kappa shape index (κ3) is 4.36. The number of carboxylic acids is 1. The fourth-order valence-corrected chi connectivity index (χ4v) is 2.58. The van der Waals surface area contributed by atoms with E-state index in [0.717, 1.165) is 12.8 Å². The Hall–Kier alpha value is -1.06. The van der Waals surface area contributed by atoms with Crippen molar-refractivity contribution in [1.82, 2.24) is 4.90 Å². The zero-order valence-electron chi connectivity index (χ0n) is 11.0. The minimum absolute atomic E-state index is 0.0125. The van der Waals surface area contributed by atoms with E-state index < -0.39 is 5.97 Å². The summed E-state index contributed by atoms with van der Waals surface area (Å²) in [6.45, 7) is 5.75. The largest absolute Gasteiger partial charge is 0.480 e. The van der Waals surface area contributed by atoms with Gasteiger partial charge in [0.15, 0.2) is 0 Å². The zero-order chi connectivity index (χ0) is 13.0. The maximum atomic E-state index is 12.0. The third-order valence-electron chi connectivity index (χ3n) is 3.52. The summed E-state index contributed by atoms with van der Waals surface area (Å²) in [5, 5.41) is 8.79. The second-order valence-electron chi connectivity index (χ2n) is 5.50. The highest BCUT2D eigenvalue weighted by Crippen LogP contribution is 2.32. The molecule has 0 spiro atoms. The first kappa shape index (κ1) is 14.0. The third-order valence-corrected chi connectivity index (χ3v) is 3.52. The highest BCUT2D eigenvalue weighted by atomic mass is 16.4. The van der Waals surface area contributed by atoms with E-state index >= 15 is 0 Å². The Morgan fingerprint density at radius 3 is 2.41 bits per heavy atom. The van der Waals surface area contributed by atoms with Crippen LogP contribution < -0.4 is 0 Å². The van der Waals surface area contributed by atoms with Crippen LogP contribution in [-0.4, -0.2) is 34.5 Å². The molecule has 2 atom stereocenters. The number of carbonyl (C=O) groups is 2. The van der Waals surface area contributed by atoms with E-state index in [-0.39, 0.29) is 18.5 Å². The number of rotatable bonds is 5. The summed E-state index contributed by atoms with van der Waals surface area (Å²) in [5.74, 6) is 0.209. The van der Waals surface area contributed by atoms with Crippen molar-refractivity contribution in [2.45, 2.75) is 52.5 Å². The molecule has 0 heterocycles. The van der Waals surface area contributed by atoms with Crippen LogP contribution in [0.2, 0.25) is 0 Å². The Kier molecular flexibility index (Phi) is 4.97. The highest BCUT2D eigenvalue weighted by Gasteiger charge is 2.27. The molecule has 98 valence electrons. The van der Waals surface area contributed by atoms with Crippen LogP contribution in [0.25, 0.3) is 0 Å². The Morgan fingerprint density at radius 1 is 1.35 bits per heavy atom. The van der Waals surface area contributed by atoms with Gasteiger partial charge in [-0.2, -0.15) is 0 Å². The maximum absolute atomic E-state index is 12.0. The Balaban J connectivity index is 2.50. The SMILES string of the molecule is CC1CCC(CC(=O)N(CC(=O)O)C(C)C)C1. The summed E-state index contributed by atoms with van der Waals surface area (Å²) in [7, 11) is 0. The molecule has 0 aliphatic heterocycles. The molecule has 0 aromatic carbocycles. The average molecular weight is 241 g/mol. The molecule has 1 saturated carbocycles. The zero-order valence-corrected chi connectivity index (χ0v) is 11.0. The van der Waals surface area contributed by atoms with Gasteiger partial charge in [-0.05, 0) is 38.5 Å². The molecule has 17 heavy (non-hydrogen) atoms. The summed E-state index contributed by atoms with van der Waals surface area (Å²) in [4.78, 5) is 24.2. The molecule has 4 nitrogen and oxygen atoms in total. The molecule has 2 unspecified atom stereocenters. The molecule has 1 amide bonds. The van der Waals surface area contributed by atoms with Crippen molar-refractivity contribution in [3.05, 3.63) is 0 Å². The van der Waals surface area contributed by atoms with Crippen molar-refractivity contribution in [3.8, 4) is 0 Å². The fraction of sp³-hybridized carbons (Fsp3) is 0.846. The highest BCUT2D eigenvalue weighted by molar-refractivity contribution is 5.81. The molecule has 0 aromatic heterocycles. The quantitative estimate of drug-likeness (QED) is 0.802. The van der Waals surface area contributed by atoms with Gasteiger partial charge in [0.2, 0.25) is 5.91 Å². The second-order valence-corrected chi connectivity index (χ2v) is 5.50. The first-order valence-corrected chi connectivity index (χ1v) is 6.41. The normalized spacial score (nSPS) is 24.0. The van der Waals surface area contributed by atoms with E-state index in [0.29, 0.717) is 18.3 Å². The van der Waals surface area contributed by atoms with Crippen LogP contribution in [0.1, 0.15) is 46.5 Å². The van der Waals surface area contributed by atoms with Gasteiger partial charge in [0.1, 0.15) is 6.54 Å². The van der Waals surface area contributed by atoms with Crippen molar-refractivity contribution < 1.29 is 14.7 Å². The second kappa shape index (κ2) is 6.03. The van der Waals surface area contributed by atoms with Gasteiger partial charge >= 0.3 is 5.97 Å². The molecule has 0 radical (unpaired) electrons. The van der Waals surface area contributed by atoms with Gasteiger partial charge in [-0.1, -0.05) is 13.3 Å². The van der Waals surface area contributed by atoms with E-state index in [9.17, 15) is 9.59 Å². The van der Waals surface area contributed by atoms with Gasteiger partial charge in [0, 0.05) is 12.5 Å². The van der Waals surface area contributed by atoms with Crippen LogP contribution >= 0.6 is 0 Å². The van der Waals surface area contributed by atoms with Gasteiger partial charge < -0.3 is 10.0 Å². The van der Waals surface area contributed by atoms with Gasteiger partial charge in [0.25, 0.3) is 0 Å². The molecular formula is C13H23NO3. The number of amides is 1. The molecule has 1 aliphatic carbocycles. The lowest BCUT2D eigenvalue weighted by molar-refractivity contribution is -0.146. The van der Waals surface area contributed by atoms with Crippen molar-refractivity contribution in [3.63, 3.8) is 0 Å². The van der Waals surface area contributed by atoms with Crippen LogP contribution in [-0.2, 0) is 9.59 Å². The van der Waals surface area contributed by atoms with Gasteiger partial charge in [-0.15, -0.1) is 0 Å². The summed E-state index contributed by atoms with van der Waals surface area (Å²) in [5.41, 5.74) is 0. The number of carbonyl (C=O) groups excluding carboxylic acids is 1. The summed E-state index contributed by atoms with van der Waals surface area (Å²) >= 11 is 0. The van der Waals surface area contributed by atoms with Gasteiger partial charge in [0.05, 0.1) is 0 Å². The smallest absolute Gasteiger partial charge is 0.323 e. The monoisotopic (exact) mass is 241 g/mol. The predicted molar refractivity (Wildman–Crippen MR) is 65.6 cm³/mol. The maximum Gasteiger partial charge on any atom is 0.323 e. The van der Waals surface area contributed by atoms with E-state index in [1.165, 1.54) is 11.3 Å². The fourth-order valence-electron chi connectivity index (χ4n) is 2.58. The van der Waals surface area contributed by atoms with Gasteiger partial charge in [-0.3, -0.25) is 9.59 Å². The van der Waals surface area contributed by atoms with E-state index in [4.69, 9.17) is 5.11 Å². The van der Waals surface area contributed by atoms with E-state index in [1.54, 1.807) is 0 Å². The van der Waals surface area contributed by atoms with Crippen molar-refractivity contribution in [2.24, 2.45) is 11.8 Å². The van der Waals surface area contributed by atoms with Crippen LogP contribution in [0, 0.1) is 11.8 Å². The van der Waals surface area contributed by atoms with Crippen LogP contribution in [0.15, 0.2) is 0 Å². The Morgan fingerprint density at radius 2 is 2.00 bits per heavy atom. The molecule has 1 aliphatic rings. The first-order chi connectivity index (χ1) is 7.90. The van der Waals surface area contributed by atoms with Gasteiger partial charge in [-0.25, -0.2) is 0 Å². The van der Waals surface area contributed by atoms with Crippen LogP contribution in [0.3, 0.4) is 0 Å². The number of hydrogen-bond donors (Lipinski definition) is 1. The minimum Gasteiger partial charge on any atom is -0.480 e. The lowest BCUT2D eigenvalue weighted by atomic mass is 10.0. The number of aliphatic carboxylic acids is 1. The van der Waals surface area contributed by atoms with E-state index in [1.807, 2.05) is 13.8 Å². The molecule has 4 heteroatoms. The number of hydrogen-bond acceptors (Lipinski definition) is 2. The Labute approximate surface area is 103 Å². The molecule has 1 fully saturated rings. The minimum atomic E-state index is -0.938. The Bertz CT molecular complexity index is 288. The molecular weight excluding hydrogens is 218 g/mol. The number of nitrogens with zero attached hydrogens (tertiary/aromatic N) is 1. The topological polar surface area (TPSA) is 57.6 Å². The van der Waals surface area contributed by atoms with Crippen LogP contribution in [0.5, 0.6) is 0 Å². The molecule has 0 bridgehead atoms.